The lowest BCUT2D eigenvalue weighted by Crippen LogP contribution is -2.42. The number of carbonyl (C=O) groups is 1. The zero-order valence-electron chi connectivity index (χ0n) is 29.8. The molecule has 11 nitrogen and oxygen atoms in total. The second kappa shape index (κ2) is 13.5. The molecule has 4 aromatic heterocycles. The van der Waals surface area contributed by atoms with E-state index in [4.69, 9.17) is 23.7 Å². The lowest BCUT2D eigenvalue weighted by atomic mass is 10.0. The number of nitrogens with zero attached hydrogens (tertiary/aromatic N) is 5. The first-order valence-electron chi connectivity index (χ1n) is 16.5. The van der Waals surface area contributed by atoms with Crippen LogP contribution < -0.4 is 14.8 Å². The second-order valence-electron chi connectivity index (χ2n) is 15.0. The molecule has 0 saturated carbocycles. The summed E-state index contributed by atoms with van der Waals surface area (Å²) < 4.78 is 42.2. The Labute approximate surface area is 283 Å². The number of alkyl carbamates (subject to hydrolysis) is 1. The van der Waals surface area contributed by atoms with Gasteiger partial charge in [-0.05, 0) is 88.9 Å². The molecule has 1 aliphatic heterocycles. The zero-order valence-corrected chi connectivity index (χ0v) is 30.8. The first-order valence-corrected chi connectivity index (χ1v) is 19.4. The molecule has 1 amide bonds. The maximum atomic E-state index is 13.9. The van der Waals surface area contributed by atoms with Gasteiger partial charge in [0.15, 0.2) is 31.4 Å². The Hall–Kier alpha value is -3.97. The number of halogens is 1. The van der Waals surface area contributed by atoms with Crippen molar-refractivity contribution in [2.24, 2.45) is 0 Å². The first kappa shape index (κ1) is 35.3. The Morgan fingerprint density at radius 3 is 2.52 bits per heavy atom. The molecule has 0 saturated heterocycles. The number of pyridine rings is 2. The summed E-state index contributed by atoms with van der Waals surface area (Å²) in [5.74, 6) is 0.640. The standard InChI is InChI=1S/C35H49FN6O5Si/c1-22-27-14-12-25(39-33(43)47-34(2,3)4)15-16-41(27)40-31(22)23-17-28(32-29(44-8)19-38-42(32)20-23)46-30(26-13-11-24(36)18-37-26)21-45-48(9,10)35(5,6)7/h11,13,17-20,25,30H,12,14-16,21H2,1-10H3,(H,39,43)/t25?,30-/m1/s1. The third-order valence-electron chi connectivity index (χ3n) is 9.25. The molecule has 1 unspecified atom stereocenters. The number of ether oxygens (including phenoxy) is 3. The Morgan fingerprint density at radius 2 is 1.88 bits per heavy atom. The molecule has 0 radical (unpaired) electrons. The quantitative estimate of drug-likeness (QED) is 0.182. The van der Waals surface area contributed by atoms with Crippen molar-refractivity contribution in [3.05, 3.63) is 59.6 Å². The summed E-state index contributed by atoms with van der Waals surface area (Å²) in [5.41, 5.74) is 4.46. The fourth-order valence-corrected chi connectivity index (χ4v) is 6.55. The minimum absolute atomic E-state index is 0.0113. The van der Waals surface area contributed by atoms with Crippen LogP contribution in [0.1, 0.15) is 77.4 Å². The van der Waals surface area contributed by atoms with Gasteiger partial charge in [-0.25, -0.2) is 13.7 Å². The van der Waals surface area contributed by atoms with Crippen molar-refractivity contribution in [1.82, 2.24) is 29.7 Å². The molecule has 0 bridgehead atoms. The molecule has 2 atom stereocenters. The predicted octanol–water partition coefficient (Wildman–Crippen LogP) is 7.42. The van der Waals surface area contributed by atoms with E-state index >= 15 is 0 Å². The van der Waals surface area contributed by atoms with E-state index in [0.29, 0.717) is 29.3 Å². The first-order chi connectivity index (χ1) is 22.5. The van der Waals surface area contributed by atoms with Crippen molar-refractivity contribution in [2.75, 3.05) is 13.7 Å². The van der Waals surface area contributed by atoms with Crippen LogP contribution in [-0.2, 0) is 22.1 Å². The van der Waals surface area contributed by atoms with Gasteiger partial charge in [0.05, 0.1) is 37.5 Å². The van der Waals surface area contributed by atoms with Crippen LogP contribution in [0.15, 0.2) is 36.8 Å². The smallest absolute Gasteiger partial charge is 0.407 e. The third-order valence-corrected chi connectivity index (χ3v) is 13.7. The number of amides is 1. The van der Waals surface area contributed by atoms with Crippen molar-refractivity contribution in [2.45, 2.75) is 110 Å². The molecule has 5 rings (SSSR count). The van der Waals surface area contributed by atoms with Gasteiger partial charge >= 0.3 is 6.09 Å². The monoisotopic (exact) mass is 680 g/mol. The molecule has 1 aliphatic rings. The van der Waals surface area contributed by atoms with Gasteiger partial charge < -0.3 is 24.0 Å². The number of methoxy groups -OCH3 is 1. The number of rotatable bonds is 9. The summed E-state index contributed by atoms with van der Waals surface area (Å²) in [4.78, 5) is 16.8. The number of aryl methyl sites for hydroxylation is 1. The van der Waals surface area contributed by atoms with Gasteiger partial charge in [-0.15, -0.1) is 0 Å². The highest BCUT2D eigenvalue weighted by molar-refractivity contribution is 6.74. The highest BCUT2D eigenvalue weighted by atomic mass is 28.4. The van der Waals surface area contributed by atoms with E-state index in [2.05, 4.69) is 56.2 Å². The number of nitrogens with one attached hydrogen (secondary N) is 1. The van der Waals surface area contributed by atoms with Crippen LogP contribution in [0.5, 0.6) is 11.5 Å². The van der Waals surface area contributed by atoms with E-state index < -0.39 is 31.9 Å². The average Bonchev–Trinajstić information content (AvgIpc) is 3.48. The van der Waals surface area contributed by atoms with Crippen molar-refractivity contribution in [1.29, 1.82) is 0 Å². The van der Waals surface area contributed by atoms with Gasteiger partial charge in [0.1, 0.15) is 11.4 Å². The molecular weight excluding hydrogens is 632 g/mol. The molecular formula is C35H49FN6O5Si. The Kier molecular flexibility index (Phi) is 9.94. The van der Waals surface area contributed by atoms with Crippen LogP contribution in [0.25, 0.3) is 16.8 Å². The van der Waals surface area contributed by atoms with Crippen LogP contribution in [0.3, 0.4) is 0 Å². The SMILES string of the molecule is COc1cnn2cc(-c3nn4c(c3C)CCC(NC(=O)OC(C)(C)C)CC4)cc(O[C@H](CO[Si](C)(C)C(C)(C)C)c3ccc(F)cn3)c12. The highest BCUT2D eigenvalue weighted by Gasteiger charge is 2.38. The minimum atomic E-state index is -2.16. The number of aromatic nitrogens is 5. The molecule has 48 heavy (non-hydrogen) atoms. The van der Waals surface area contributed by atoms with Gasteiger partial charge in [-0.3, -0.25) is 9.67 Å². The molecule has 13 heteroatoms. The molecule has 0 fully saturated rings. The molecule has 4 aromatic rings. The van der Waals surface area contributed by atoms with Gasteiger partial charge in [0.2, 0.25) is 0 Å². The van der Waals surface area contributed by atoms with Crippen LogP contribution in [-0.4, -0.2) is 64.1 Å². The van der Waals surface area contributed by atoms with E-state index in [1.165, 1.54) is 12.3 Å². The Bertz CT molecular complexity index is 1760. The Morgan fingerprint density at radius 1 is 1.12 bits per heavy atom. The molecule has 0 aromatic carbocycles. The van der Waals surface area contributed by atoms with E-state index in [0.717, 1.165) is 41.8 Å². The van der Waals surface area contributed by atoms with Crippen LogP contribution in [0.4, 0.5) is 9.18 Å². The maximum absolute atomic E-state index is 13.9. The van der Waals surface area contributed by atoms with Crippen molar-refractivity contribution < 1.29 is 27.8 Å². The van der Waals surface area contributed by atoms with E-state index in [1.807, 2.05) is 37.7 Å². The van der Waals surface area contributed by atoms with Crippen molar-refractivity contribution >= 4 is 19.9 Å². The number of fused-ring (bicyclic) bond motifs is 2. The third kappa shape index (κ3) is 7.83. The van der Waals surface area contributed by atoms with Crippen molar-refractivity contribution in [3.8, 4) is 22.8 Å². The van der Waals surface area contributed by atoms with Gasteiger partial charge in [0, 0.05) is 30.0 Å². The van der Waals surface area contributed by atoms with E-state index in [1.54, 1.807) is 23.9 Å². The summed E-state index contributed by atoms with van der Waals surface area (Å²) >= 11 is 0. The largest absolute Gasteiger partial charge is 0.493 e. The van der Waals surface area contributed by atoms with E-state index in [9.17, 15) is 9.18 Å². The summed E-state index contributed by atoms with van der Waals surface area (Å²) in [7, 11) is -0.567. The number of hydrogen-bond acceptors (Lipinski definition) is 8. The normalized spacial score (nSPS) is 16.3. The van der Waals surface area contributed by atoms with E-state index in [-0.39, 0.29) is 17.7 Å². The topological polar surface area (TPSA) is 114 Å². The summed E-state index contributed by atoms with van der Waals surface area (Å²) in [5, 5.41) is 12.6. The molecule has 260 valence electrons. The minimum Gasteiger partial charge on any atom is -0.493 e. The zero-order chi connectivity index (χ0) is 35.0. The summed E-state index contributed by atoms with van der Waals surface area (Å²) in [6, 6.07) is 4.95. The fraction of sp³-hybridized carbons (Fsp3) is 0.543. The van der Waals surface area contributed by atoms with Gasteiger partial charge in [0.25, 0.3) is 0 Å². The molecule has 5 heterocycles. The average molecular weight is 681 g/mol. The van der Waals surface area contributed by atoms with Crippen LogP contribution in [0, 0.1) is 12.7 Å². The molecule has 0 aliphatic carbocycles. The summed E-state index contributed by atoms with van der Waals surface area (Å²) in [6.45, 7) is 19.4. The predicted molar refractivity (Wildman–Crippen MR) is 185 cm³/mol. The number of hydrogen-bond donors (Lipinski definition) is 1. The van der Waals surface area contributed by atoms with Crippen LogP contribution >= 0.6 is 0 Å². The summed E-state index contributed by atoms with van der Waals surface area (Å²) in [6.07, 6.45) is 5.99. The lowest BCUT2D eigenvalue weighted by molar-refractivity contribution is 0.0499. The fourth-order valence-electron chi connectivity index (χ4n) is 5.55. The highest BCUT2D eigenvalue weighted by Crippen LogP contribution is 2.40. The van der Waals surface area contributed by atoms with Crippen molar-refractivity contribution in [3.63, 3.8) is 0 Å². The molecule has 1 N–H and O–H groups in total. The van der Waals surface area contributed by atoms with Crippen LogP contribution in [0.2, 0.25) is 18.1 Å². The number of carbonyl (C=O) groups excluding carboxylic acids is 1. The van der Waals surface area contributed by atoms with Gasteiger partial charge in [-0.1, -0.05) is 20.8 Å². The maximum Gasteiger partial charge on any atom is 0.407 e. The second-order valence-corrected chi connectivity index (χ2v) is 19.8. The lowest BCUT2D eigenvalue weighted by Gasteiger charge is -2.37. The van der Waals surface area contributed by atoms with Gasteiger partial charge in [-0.2, -0.15) is 10.2 Å². The Balaban J connectivity index is 1.47. The molecule has 0 spiro atoms.